The monoisotopic (exact) mass is 289 g/mol. The molecule has 2 aromatic rings. The molecule has 2 rings (SSSR count). The predicted molar refractivity (Wildman–Crippen MR) is 81.0 cm³/mol. The summed E-state index contributed by atoms with van der Waals surface area (Å²) >= 11 is 0. The second-order valence-electron chi connectivity index (χ2n) is 5.06. The standard InChI is InChI=1S/C16H19NO4/c1-2-3-4-7-10-17-12-9-6-5-8-11(12)14(18)13(15(17)19)16(20)21/h5-6,8-9,18H,2-4,7,10H2,1H3,(H,20,21). The normalized spacial score (nSPS) is 10.9. The van der Waals surface area contributed by atoms with Crippen LogP contribution in [-0.2, 0) is 6.54 Å². The lowest BCUT2D eigenvalue weighted by Gasteiger charge is -2.13. The minimum absolute atomic E-state index is 0.394. The van der Waals surface area contributed by atoms with Crippen molar-refractivity contribution in [3.63, 3.8) is 0 Å². The highest BCUT2D eigenvalue weighted by Gasteiger charge is 2.21. The maximum absolute atomic E-state index is 12.3. The second kappa shape index (κ2) is 6.43. The third-order valence-electron chi connectivity index (χ3n) is 3.59. The van der Waals surface area contributed by atoms with Gasteiger partial charge in [0.05, 0.1) is 5.52 Å². The zero-order valence-electron chi connectivity index (χ0n) is 12.0. The number of carbonyl (C=O) groups is 1. The van der Waals surface area contributed by atoms with Gasteiger partial charge in [-0.15, -0.1) is 0 Å². The smallest absolute Gasteiger partial charge is 0.345 e. The van der Waals surface area contributed by atoms with Gasteiger partial charge in [0.1, 0.15) is 5.75 Å². The minimum Gasteiger partial charge on any atom is -0.506 e. The molecule has 0 atom stereocenters. The number of unbranched alkanes of at least 4 members (excludes halogenated alkanes) is 3. The van der Waals surface area contributed by atoms with E-state index in [1.165, 1.54) is 4.57 Å². The fourth-order valence-corrected chi connectivity index (χ4v) is 2.50. The molecule has 0 aliphatic rings. The van der Waals surface area contributed by atoms with Crippen molar-refractivity contribution in [2.45, 2.75) is 39.2 Å². The Hall–Kier alpha value is -2.30. The predicted octanol–water partition coefficient (Wildman–Crippen LogP) is 2.99. The molecule has 112 valence electrons. The minimum atomic E-state index is -1.40. The Labute approximate surface area is 122 Å². The van der Waals surface area contributed by atoms with Crippen molar-refractivity contribution in [3.05, 3.63) is 40.2 Å². The Morgan fingerprint density at radius 3 is 2.57 bits per heavy atom. The van der Waals surface area contributed by atoms with Gasteiger partial charge in [0.15, 0.2) is 5.56 Å². The molecular weight excluding hydrogens is 270 g/mol. The number of hydrogen-bond acceptors (Lipinski definition) is 3. The fourth-order valence-electron chi connectivity index (χ4n) is 2.50. The van der Waals surface area contributed by atoms with Gasteiger partial charge in [0.25, 0.3) is 5.56 Å². The largest absolute Gasteiger partial charge is 0.506 e. The van der Waals surface area contributed by atoms with Crippen LogP contribution in [0, 0.1) is 0 Å². The van der Waals surface area contributed by atoms with Gasteiger partial charge in [-0.2, -0.15) is 0 Å². The second-order valence-corrected chi connectivity index (χ2v) is 5.06. The lowest BCUT2D eigenvalue weighted by atomic mass is 10.1. The van der Waals surface area contributed by atoms with E-state index in [1.54, 1.807) is 24.3 Å². The molecule has 0 bridgehead atoms. The lowest BCUT2D eigenvalue weighted by Crippen LogP contribution is -2.27. The van der Waals surface area contributed by atoms with Gasteiger partial charge in [-0.1, -0.05) is 38.3 Å². The molecule has 1 aromatic carbocycles. The van der Waals surface area contributed by atoms with Gasteiger partial charge >= 0.3 is 5.97 Å². The molecule has 2 N–H and O–H groups in total. The summed E-state index contributed by atoms with van der Waals surface area (Å²) in [6, 6.07) is 6.82. The first kappa shape index (κ1) is 15.1. The molecule has 1 heterocycles. The van der Waals surface area contributed by atoms with Crippen LogP contribution in [0.15, 0.2) is 29.1 Å². The third kappa shape index (κ3) is 2.91. The Morgan fingerprint density at radius 2 is 1.90 bits per heavy atom. The summed E-state index contributed by atoms with van der Waals surface area (Å²) < 4.78 is 1.45. The molecule has 21 heavy (non-hydrogen) atoms. The Morgan fingerprint density at radius 1 is 1.19 bits per heavy atom. The van der Waals surface area contributed by atoms with E-state index >= 15 is 0 Å². The van der Waals surface area contributed by atoms with Gasteiger partial charge < -0.3 is 14.8 Å². The highest BCUT2D eigenvalue weighted by atomic mass is 16.4. The van der Waals surface area contributed by atoms with Gasteiger partial charge in [0, 0.05) is 11.9 Å². The number of aromatic hydroxyl groups is 1. The number of aryl methyl sites for hydroxylation is 1. The topological polar surface area (TPSA) is 79.5 Å². The molecule has 0 aliphatic carbocycles. The maximum atomic E-state index is 12.3. The molecule has 0 unspecified atom stereocenters. The zero-order chi connectivity index (χ0) is 15.4. The first-order valence-corrected chi connectivity index (χ1v) is 7.15. The van der Waals surface area contributed by atoms with E-state index in [9.17, 15) is 14.7 Å². The Balaban J connectivity index is 2.56. The summed E-state index contributed by atoms with van der Waals surface area (Å²) in [5, 5.41) is 19.6. The third-order valence-corrected chi connectivity index (χ3v) is 3.59. The summed E-state index contributed by atoms with van der Waals surface area (Å²) in [6.45, 7) is 2.56. The number of aromatic nitrogens is 1. The number of rotatable bonds is 6. The molecule has 0 amide bonds. The van der Waals surface area contributed by atoms with Crippen molar-refractivity contribution >= 4 is 16.9 Å². The van der Waals surface area contributed by atoms with Gasteiger partial charge in [-0.3, -0.25) is 4.79 Å². The van der Waals surface area contributed by atoms with E-state index in [0.29, 0.717) is 17.4 Å². The molecule has 1 aromatic heterocycles. The summed E-state index contributed by atoms with van der Waals surface area (Å²) in [7, 11) is 0. The average Bonchev–Trinajstić information content (AvgIpc) is 2.46. The van der Waals surface area contributed by atoms with Crippen LogP contribution >= 0.6 is 0 Å². The first-order valence-electron chi connectivity index (χ1n) is 7.15. The SMILES string of the molecule is CCCCCCn1c(=O)c(C(=O)O)c(O)c2ccccc21. The number of pyridine rings is 1. The summed E-state index contributed by atoms with van der Waals surface area (Å²) in [4.78, 5) is 23.6. The van der Waals surface area contributed by atoms with Gasteiger partial charge in [-0.05, 0) is 18.6 Å². The number of benzene rings is 1. The lowest BCUT2D eigenvalue weighted by molar-refractivity contribution is 0.0691. The van der Waals surface area contributed by atoms with Crippen LogP contribution in [0.2, 0.25) is 0 Å². The van der Waals surface area contributed by atoms with Crippen LogP contribution in [0.25, 0.3) is 10.9 Å². The number of carboxylic acid groups (broad SMARTS) is 1. The summed E-state index contributed by atoms with van der Waals surface area (Å²) in [6.07, 6.45) is 3.96. The average molecular weight is 289 g/mol. The van der Waals surface area contributed by atoms with E-state index in [2.05, 4.69) is 6.92 Å². The number of fused-ring (bicyclic) bond motifs is 1. The number of nitrogens with zero attached hydrogens (tertiary/aromatic N) is 1. The van der Waals surface area contributed by atoms with Crippen LogP contribution < -0.4 is 5.56 Å². The highest BCUT2D eigenvalue weighted by Crippen LogP contribution is 2.26. The zero-order valence-corrected chi connectivity index (χ0v) is 12.0. The van der Waals surface area contributed by atoms with Crippen molar-refractivity contribution in [2.24, 2.45) is 0 Å². The molecule has 5 nitrogen and oxygen atoms in total. The van der Waals surface area contributed by atoms with Gasteiger partial charge in [0.2, 0.25) is 0 Å². The molecular formula is C16H19NO4. The van der Waals surface area contributed by atoms with Crippen molar-refractivity contribution in [2.75, 3.05) is 0 Å². The van der Waals surface area contributed by atoms with E-state index in [0.717, 1.165) is 25.7 Å². The maximum Gasteiger partial charge on any atom is 0.345 e. The highest BCUT2D eigenvalue weighted by molar-refractivity contribution is 5.98. The van der Waals surface area contributed by atoms with Crippen LogP contribution in [0.1, 0.15) is 43.0 Å². The molecule has 5 heteroatoms. The van der Waals surface area contributed by atoms with E-state index < -0.39 is 22.8 Å². The fraction of sp³-hybridized carbons (Fsp3) is 0.375. The molecule has 0 aliphatic heterocycles. The number of aromatic carboxylic acids is 1. The van der Waals surface area contributed by atoms with Crippen LogP contribution in [0.5, 0.6) is 5.75 Å². The van der Waals surface area contributed by atoms with Gasteiger partial charge in [-0.25, -0.2) is 4.79 Å². The quantitative estimate of drug-likeness (QED) is 0.801. The van der Waals surface area contributed by atoms with Crippen LogP contribution in [0.3, 0.4) is 0 Å². The van der Waals surface area contributed by atoms with E-state index in [1.807, 2.05) is 0 Å². The molecule has 0 saturated heterocycles. The van der Waals surface area contributed by atoms with Crippen LogP contribution in [-0.4, -0.2) is 20.7 Å². The molecule has 0 fully saturated rings. The molecule has 0 radical (unpaired) electrons. The number of para-hydroxylation sites is 1. The van der Waals surface area contributed by atoms with Crippen molar-refractivity contribution in [1.29, 1.82) is 0 Å². The van der Waals surface area contributed by atoms with Crippen molar-refractivity contribution in [3.8, 4) is 5.75 Å². The number of carboxylic acids is 1. The Kier molecular flexibility index (Phi) is 4.62. The van der Waals surface area contributed by atoms with Crippen LogP contribution in [0.4, 0.5) is 0 Å². The summed E-state index contributed by atoms with van der Waals surface area (Å²) in [5.41, 5.74) is -0.624. The van der Waals surface area contributed by atoms with E-state index in [-0.39, 0.29) is 0 Å². The Bertz CT molecular complexity index is 718. The number of hydrogen-bond donors (Lipinski definition) is 2. The van der Waals surface area contributed by atoms with E-state index in [4.69, 9.17) is 5.11 Å². The first-order chi connectivity index (χ1) is 10.1. The molecule has 0 spiro atoms. The van der Waals surface area contributed by atoms with Crippen molar-refractivity contribution in [1.82, 2.24) is 4.57 Å². The summed E-state index contributed by atoms with van der Waals surface area (Å²) in [5.74, 6) is -1.85. The van der Waals surface area contributed by atoms with Crippen molar-refractivity contribution < 1.29 is 15.0 Å². The molecule has 0 saturated carbocycles.